The predicted molar refractivity (Wildman–Crippen MR) is 88.3 cm³/mol. The number of unbranched alkanes of at least 4 members (excludes halogenated alkanes) is 5. The molecule has 17 heavy (non-hydrogen) atoms. The zero-order valence-corrected chi connectivity index (χ0v) is 15.1. The van der Waals surface area contributed by atoms with Crippen molar-refractivity contribution in [2.24, 2.45) is 0 Å². The average molecular weight is 291 g/mol. The predicted octanol–water partition coefficient (Wildman–Crippen LogP) is 6.20. The van der Waals surface area contributed by atoms with E-state index in [4.69, 9.17) is 11.1 Å². The summed E-state index contributed by atoms with van der Waals surface area (Å²) in [5.41, 5.74) is 2.22. The van der Waals surface area contributed by atoms with E-state index in [1.165, 1.54) is 50.6 Å². The van der Waals surface area contributed by atoms with Gasteiger partial charge in [0.15, 0.2) is 0 Å². The van der Waals surface area contributed by atoms with E-state index in [9.17, 15) is 0 Å². The largest absolute Gasteiger partial charge is 0.168 e. The van der Waals surface area contributed by atoms with Gasteiger partial charge in [0.2, 0.25) is 0 Å². The van der Waals surface area contributed by atoms with Crippen LogP contribution in [0, 0.1) is 0 Å². The monoisotopic (exact) mass is 290 g/mol. The third-order valence-corrected chi connectivity index (χ3v) is 8.25. The lowest BCUT2D eigenvalue weighted by molar-refractivity contribution is 0.621. The van der Waals surface area contributed by atoms with Gasteiger partial charge < -0.3 is 0 Å². The van der Waals surface area contributed by atoms with Crippen LogP contribution in [0.5, 0.6) is 0 Å². The Morgan fingerprint density at radius 3 is 1.65 bits per heavy atom. The molecular weight excluding hydrogens is 260 g/mol. The SMILES string of the molecule is C=C[Si](C)(C)CCCCCCCC[Si](C)(C)Cl. The standard InChI is InChI=1S/C14H31ClSi2/c1-6-16(2,3)13-11-9-7-8-10-12-14-17(4,5)15/h6H,1,7-14H2,2-5H3. The lowest BCUT2D eigenvalue weighted by Crippen LogP contribution is -2.21. The molecule has 0 aliphatic rings. The molecule has 3 heteroatoms. The fraction of sp³-hybridized carbons (Fsp3) is 0.857. The normalized spacial score (nSPS) is 12.8. The third kappa shape index (κ3) is 12.7. The molecule has 0 aliphatic heterocycles. The first-order valence-corrected chi connectivity index (χ1v) is 14.6. The van der Waals surface area contributed by atoms with Crippen molar-refractivity contribution in [3.63, 3.8) is 0 Å². The molecule has 0 radical (unpaired) electrons. The second-order valence-corrected chi connectivity index (χ2v) is 18.4. The minimum absolute atomic E-state index is 1.03. The van der Waals surface area contributed by atoms with Crippen LogP contribution in [-0.2, 0) is 0 Å². The number of hydrogen-bond donors (Lipinski definition) is 0. The summed E-state index contributed by atoms with van der Waals surface area (Å²) in [6.45, 7) is 13.3. The molecule has 0 aliphatic carbocycles. The van der Waals surface area contributed by atoms with Crippen LogP contribution in [0.2, 0.25) is 38.3 Å². The summed E-state index contributed by atoms with van der Waals surface area (Å²) in [5.74, 6) is 0. The molecule has 0 spiro atoms. The molecule has 0 saturated heterocycles. The molecule has 0 amide bonds. The van der Waals surface area contributed by atoms with E-state index in [0.29, 0.717) is 0 Å². The van der Waals surface area contributed by atoms with Crippen LogP contribution < -0.4 is 0 Å². The molecule has 0 rings (SSSR count). The Balaban J connectivity index is 3.28. The number of hydrogen-bond acceptors (Lipinski definition) is 0. The molecule has 0 heterocycles. The summed E-state index contributed by atoms with van der Waals surface area (Å²) >= 11 is 6.30. The molecule has 0 N–H and O–H groups in total. The highest BCUT2D eigenvalue weighted by Crippen LogP contribution is 2.20. The summed E-state index contributed by atoms with van der Waals surface area (Å²) in [5, 5.41) is 0. The van der Waals surface area contributed by atoms with Crippen molar-refractivity contribution < 1.29 is 0 Å². The molecule has 0 aromatic rings. The van der Waals surface area contributed by atoms with Gasteiger partial charge in [0.25, 0.3) is 0 Å². The first-order valence-electron chi connectivity index (χ1n) is 7.09. The smallest absolute Gasteiger partial charge is 0.150 e. The zero-order chi connectivity index (χ0) is 13.4. The Kier molecular flexibility index (Phi) is 8.78. The molecule has 0 aromatic carbocycles. The minimum Gasteiger partial charge on any atom is -0.168 e. The van der Waals surface area contributed by atoms with Gasteiger partial charge >= 0.3 is 0 Å². The zero-order valence-electron chi connectivity index (χ0n) is 12.3. The first kappa shape index (κ1) is 17.5. The minimum atomic E-state index is -1.30. The van der Waals surface area contributed by atoms with Crippen molar-refractivity contribution in [3.05, 3.63) is 12.3 Å². The van der Waals surface area contributed by atoms with Gasteiger partial charge in [-0.15, -0.1) is 12.3 Å². The van der Waals surface area contributed by atoms with Gasteiger partial charge in [0.1, 0.15) is 7.38 Å². The molecule has 102 valence electrons. The van der Waals surface area contributed by atoms with Gasteiger partial charge in [-0.1, -0.05) is 70.8 Å². The summed E-state index contributed by atoms with van der Waals surface area (Å²) in [7, 11) is -2.32. The van der Waals surface area contributed by atoms with E-state index in [2.05, 4.69) is 38.5 Å². The molecule has 0 saturated carbocycles. The van der Waals surface area contributed by atoms with Crippen LogP contribution in [0.1, 0.15) is 38.5 Å². The Labute approximate surface area is 116 Å². The van der Waals surface area contributed by atoms with Crippen LogP contribution in [0.4, 0.5) is 0 Å². The maximum absolute atomic E-state index is 6.30. The Hall–Kier alpha value is 0.464. The Morgan fingerprint density at radius 1 is 0.824 bits per heavy atom. The fourth-order valence-corrected chi connectivity index (χ4v) is 4.79. The van der Waals surface area contributed by atoms with E-state index in [0.717, 1.165) is 0 Å². The summed E-state index contributed by atoms with van der Waals surface area (Å²) < 4.78 is 0. The quantitative estimate of drug-likeness (QED) is 0.255. The highest BCUT2D eigenvalue weighted by Gasteiger charge is 2.16. The second kappa shape index (κ2) is 8.55. The summed E-state index contributed by atoms with van der Waals surface area (Å²) in [6.07, 6.45) is 8.34. The van der Waals surface area contributed by atoms with Crippen LogP contribution in [-0.4, -0.2) is 15.5 Å². The number of halogens is 1. The molecule has 0 atom stereocenters. The van der Waals surface area contributed by atoms with Gasteiger partial charge in [-0.05, 0) is 6.04 Å². The third-order valence-electron chi connectivity index (χ3n) is 3.39. The molecule has 0 nitrogen and oxygen atoms in total. The second-order valence-electron chi connectivity index (χ2n) is 6.53. The van der Waals surface area contributed by atoms with Crippen molar-refractivity contribution in [1.82, 2.24) is 0 Å². The Bertz CT molecular complexity index is 207. The first-order chi connectivity index (χ1) is 7.77. The van der Waals surface area contributed by atoms with Crippen LogP contribution in [0.25, 0.3) is 0 Å². The lowest BCUT2D eigenvalue weighted by atomic mass is 10.1. The van der Waals surface area contributed by atoms with Gasteiger partial charge in [-0.2, -0.15) is 11.1 Å². The lowest BCUT2D eigenvalue weighted by Gasteiger charge is -2.16. The highest BCUT2D eigenvalue weighted by atomic mass is 35.6. The van der Waals surface area contributed by atoms with Crippen molar-refractivity contribution >= 4 is 26.5 Å². The van der Waals surface area contributed by atoms with Crippen molar-refractivity contribution in [3.8, 4) is 0 Å². The van der Waals surface area contributed by atoms with Gasteiger partial charge in [0, 0.05) is 0 Å². The fourth-order valence-electron chi connectivity index (χ4n) is 1.94. The topological polar surface area (TPSA) is 0 Å². The summed E-state index contributed by atoms with van der Waals surface area (Å²) in [6, 6.07) is 2.70. The molecule has 0 unspecified atom stereocenters. The van der Waals surface area contributed by atoms with E-state index in [1.54, 1.807) is 0 Å². The van der Waals surface area contributed by atoms with Crippen molar-refractivity contribution in [2.75, 3.05) is 0 Å². The van der Waals surface area contributed by atoms with Gasteiger partial charge in [0.05, 0.1) is 8.07 Å². The summed E-state index contributed by atoms with van der Waals surface area (Å²) in [4.78, 5) is 0. The van der Waals surface area contributed by atoms with Crippen LogP contribution in [0.3, 0.4) is 0 Å². The van der Waals surface area contributed by atoms with E-state index >= 15 is 0 Å². The van der Waals surface area contributed by atoms with E-state index in [-0.39, 0.29) is 0 Å². The maximum atomic E-state index is 6.30. The van der Waals surface area contributed by atoms with E-state index in [1.807, 2.05) is 0 Å². The molecule has 0 fully saturated rings. The van der Waals surface area contributed by atoms with Crippen molar-refractivity contribution in [2.45, 2.75) is 76.8 Å². The van der Waals surface area contributed by atoms with E-state index < -0.39 is 15.5 Å². The van der Waals surface area contributed by atoms with Gasteiger partial charge in [-0.25, -0.2) is 0 Å². The highest BCUT2D eigenvalue weighted by molar-refractivity contribution is 7.19. The molecular formula is C14H31ClSi2. The van der Waals surface area contributed by atoms with Crippen LogP contribution in [0.15, 0.2) is 12.3 Å². The maximum Gasteiger partial charge on any atom is 0.150 e. The molecule has 0 bridgehead atoms. The average Bonchev–Trinajstić information content (AvgIpc) is 2.20. The number of rotatable bonds is 10. The van der Waals surface area contributed by atoms with Crippen molar-refractivity contribution in [1.29, 1.82) is 0 Å². The Morgan fingerprint density at radius 2 is 1.24 bits per heavy atom. The molecule has 0 aromatic heterocycles. The van der Waals surface area contributed by atoms with Crippen LogP contribution >= 0.6 is 11.1 Å². The van der Waals surface area contributed by atoms with Gasteiger partial charge in [-0.3, -0.25) is 0 Å².